The molecule has 2 heterocycles. The Morgan fingerprint density at radius 1 is 1.13 bits per heavy atom. The second-order valence-electron chi connectivity index (χ2n) is 8.83. The molecule has 39 heavy (non-hydrogen) atoms. The molecule has 2 N–H and O–H groups in total. The van der Waals surface area contributed by atoms with Gasteiger partial charge in [-0.05, 0) is 45.5 Å². The maximum Gasteiger partial charge on any atom is 0.490 e. The van der Waals surface area contributed by atoms with E-state index in [1.807, 2.05) is 24.4 Å². The van der Waals surface area contributed by atoms with Crippen molar-refractivity contribution in [2.45, 2.75) is 64.8 Å². The van der Waals surface area contributed by atoms with Crippen LogP contribution in [-0.4, -0.2) is 73.5 Å². The molecule has 0 spiro atoms. The highest BCUT2D eigenvalue weighted by atomic mass is 19.4. The van der Waals surface area contributed by atoms with E-state index in [0.717, 1.165) is 37.6 Å². The van der Waals surface area contributed by atoms with Crippen LogP contribution in [-0.2, 0) is 29.2 Å². The smallest absolute Gasteiger partial charge is 0.475 e. The van der Waals surface area contributed by atoms with Gasteiger partial charge in [-0.1, -0.05) is 12.1 Å². The van der Waals surface area contributed by atoms with Crippen molar-refractivity contribution in [1.82, 2.24) is 19.4 Å². The van der Waals surface area contributed by atoms with Crippen molar-refractivity contribution in [2.24, 2.45) is 0 Å². The summed E-state index contributed by atoms with van der Waals surface area (Å²) in [6.45, 7) is 10.4. The summed E-state index contributed by atoms with van der Waals surface area (Å²) in [6.07, 6.45) is -8.13. The zero-order valence-corrected chi connectivity index (χ0v) is 21.6. The third-order valence-electron chi connectivity index (χ3n) is 5.72. The molecule has 1 atom stereocenters. The van der Waals surface area contributed by atoms with Gasteiger partial charge in [-0.3, -0.25) is 9.80 Å². The van der Waals surface area contributed by atoms with Gasteiger partial charge in [0, 0.05) is 38.4 Å². The van der Waals surface area contributed by atoms with Crippen molar-refractivity contribution >= 4 is 11.9 Å². The first-order valence-electron chi connectivity index (χ1n) is 11.5. The number of carbonyl (C=O) groups is 2. The van der Waals surface area contributed by atoms with Crippen LogP contribution in [0.25, 0.3) is 0 Å². The highest BCUT2D eigenvalue weighted by molar-refractivity contribution is 5.73. The molecule has 3 rings (SSSR count). The molecular weight excluding hydrogens is 536 g/mol. The fraction of sp³-hybridized carbons (Fsp3) is 0.500. The van der Waals surface area contributed by atoms with Crippen molar-refractivity contribution < 1.29 is 46.1 Å². The zero-order chi connectivity index (χ0) is 30.1. The Morgan fingerprint density at radius 2 is 1.67 bits per heavy atom. The lowest BCUT2D eigenvalue weighted by molar-refractivity contribution is -0.193. The van der Waals surface area contributed by atoms with Gasteiger partial charge in [-0.15, -0.1) is 0 Å². The molecule has 0 radical (unpaired) electrons. The first kappa shape index (κ1) is 33.4. The molecule has 2 aromatic rings. The predicted molar refractivity (Wildman–Crippen MR) is 126 cm³/mol. The van der Waals surface area contributed by atoms with Crippen molar-refractivity contribution in [2.75, 3.05) is 13.6 Å². The number of alkyl halides is 6. The normalized spacial score (nSPS) is 15.4. The van der Waals surface area contributed by atoms with E-state index in [9.17, 15) is 26.3 Å². The number of halogens is 6. The van der Waals surface area contributed by atoms with Crippen LogP contribution in [0.1, 0.15) is 49.5 Å². The van der Waals surface area contributed by atoms with E-state index >= 15 is 0 Å². The molecule has 0 fully saturated rings. The van der Waals surface area contributed by atoms with Crippen LogP contribution in [0.2, 0.25) is 0 Å². The van der Waals surface area contributed by atoms with Crippen molar-refractivity contribution in [3.63, 3.8) is 0 Å². The highest BCUT2D eigenvalue weighted by Crippen LogP contribution is 2.27. The van der Waals surface area contributed by atoms with Crippen LogP contribution in [0.15, 0.2) is 30.5 Å². The van der Waals surface area contributed by atoms with Crippen molar-refractivity contribution in [3.05, 3.63) is 53.1 Å². The molecule has 216 valence electrons. The molecule has 0 saturated heterocycles. The molecule has 1 aliphatic rings. The van der Waals surface area contributed by atoms with E-state index in [2.05, 4.69) is 54.3 Å². The Kier molecular flexibility index (Phi) is 11.9. The van der Waals surface area contributed by atoms with Gasteiger partial charge in [0.15, 0.2) is 0 Å². The Bertz CT molecular complexity index is 1130. The van der Waals surface area contributed by atoms with Gasteiger partial charge in [-0.2, -0.15) is 31.6 Å². The molecule has 1 aliphatic heterocycles. The number of carboxylic acid groups (broad SMARTS) is 2. The summed E-state index contributed by atoms with van der Waals surface area (Å²) in [5.41, 5.74) is 3.21. The van der Waals surface area contributed by atoms with Crippen LogP contribution in [0.3, 0.4) is 0 Å². The van der Waals surface area contributed by atoms with Gasteiger partial charge < -0.3 is 14.8 Å². The Hall–Kier alpha value is -3.64. The molecule has 1 aromatic carbocycles. The molecule has 15 heteroatoms. The second kappa shape index (κ2) is 13.9. The van der Waals surface area contributed by atoms with Gasteiger partial charge in [0.1, 0.15) is 5.82 Å². The first-order chi connectivity index (χ1) is 17.9. The quantitative estimate of drug-likeness (QED) is 0.511. The standard InChI is InChI=1S/C20H27N5.2C2HF3O2/c1-15(2)23(4)14-19-12-22-20-16(3)24(8-9-25(19)20)13-18-7-5-6-17(10-18)11-21;2*3-2(4,5)1(6)7/h5-7,10,12,15-16H,8-9,13-14H2,1-4H3;2*(H,6,7). The molecule has 1 unspecified atom stereocenters. The molecule has 9 nitrogen and oxygen atoms in total. The number of nitrogens with zero attached hydrogens (tertiary/aromatic N) is 5. The molecular formula is C24H29F6N5O4. The fourth-order valence-corrected chi connectivity index (χ4v) is 3.36. The van der Waals surface area contributed by atoms with E-state index in [0.29, 0.717) is 6.04 Å². The lowest BCUT2D eigenvalue weighted by Gasteiger charge is -2.35. The minimum Gasteiger partial charge on any atom is -0.475 e. The minimum absolute atomic E-state index is 0.276. The monoisotopic (exact) mass is 565 g/mol. The number of benzene rings is 1. The van der Waals surface area contributed by atoms with Gasteiger partial charge in [0.25, 0.3) is 0 Å². The van der Waals surface area contributed by atoms with Gasteiger partial charge in [0.05, 0.1) is 23.4 Å². The Labute approximate surface area is 220 Å². The number of hydrogen-bond donors (Lipinski definition) is 2. The number of nitriles is 1. The fourth-order valence-electron chi connectivity index (χ4n) is 3.36. The van der Waals surface area contributed by atoms with Gasteiger partial charge in [-0.25, -0.2) is 14.6 Å². The van der Waals surface area contributed by atoms with Crippen molar-refractivity contribution in [3.8, 4) is 6.07 Å². The summed E-state index contributed by atoms with van der Waals surface area (Å²) in [7, 11) is 2.16. The highest BCUT2D eigenvalue weighted by Gasteiger charge is 2.38. The van der Waals surface area contributed by atoms with Crippen LogP contribution >= 0.6 is 0 Å². The zero-order valence-electron chi connectivity index (χ0n) is 21.6. The van der Waals surface area contributed by atoms with Crippen LogP contribution in [0, 0.1) is 11.3 Å². The topological polar surface area (TPSA) is 123 Å². The summed E-state index contributed by atoms with van der Waals surface area (Å²) in [5, 5.41) is 23.3. The summed E-state index contributed by atoms with van der Waals surface area (Å²) >= 11 is 0. The van der Waals surface area contributed by atoms with Crippen molar-refractivity contribution in [1.29, 1.82) is 5.26 Å². The van der Waals surface area contributed by atoms with Gasteiger partial charge in [0.2, 0.25) is 0 Å². The Balaban J connectivity index is 0.000000449. The second-order valence-corrected chi connectivity index (χ2v) is 8.83. The molecule has 0 saturated carbocycles. The van der Waals surface area contributed by atoms with E-state index in [-0.39, 0.29) is 6.04 Å². The summed E-state index contributed by atoms with van der Waals surface area (Å²) in [6, 6.07) is 10.9. The van der Waals surface area contributed by atoms with E-state index < -0.39 is 24.3 Å². The maximum absolute atomic E-state index is 10.6. The third kappa shape index (κ3) is 10.6. The number of carboxylic acids is 2. The van der Waals surface area contributed by atoms with E-state index in [1.54, 1.807) is 0 Å². The number of fused-ring (bicyclic) bond motifs is 1. The van der Waals surface area contributed by atoms with Gasteiger partial charge >= 0.3 is 24.3 Å². The first-order valence-corrected chi connectivity index (χ1v) is 11.5. The third-order valence-corrected chi connectivity index (χ3v) is 5.72. The van der Waals surface area contributed by atoms with Crippen LogP contribution in [0.5, 0.6) is 0 Å². The predicted octanol–water partition coefficient (Wildman–Crippen LogP) is 4.44. The Morgan fingerprint density at radius 3 is 2.13 bits per heavy atom. The van der Waals surface area contributed by atoms with Crippen LogP contribution in [0.4, 0.5) is 26.3 Å². The molecule has 1 aromatic heterocycles. The SMILES string of the molecule is CC(C)N(C)Cc1cnc2n1CCN(Cc1cccc(C#N)c1)C2C.O=C(O)C(F)(F)F.O=C(O)C(F)(F)F. The summed E-state index contributed by atoms with van der Waals surface area (Å²) in [4.78, 5) is 27.3. The molecule has 0 amide bonds. The number of rotatable bonds is 5. The number of hydrogen-bond acceptors (Lipinski definition) is 6. The lowest BCUT2D eigenvalue weighted by atomic mass is 10.1. The van der Waals surface area contributed by atoms with Crippen LogP contribution < -0.4 is 0 Å². The maximum atomic E-state index is 10.6. The van der Waals surface area contributed by atoms with E-state index in [4.69, 9.17) is 30.0 Å². The molecule has 0 aliphatic carbocycles. The lowest BCUT2D eigenvalue weighted by Crippen LogP contribution is -2.37. The summed E-state index contributed by atoms with van der Waals surface area (Å²) < 4.78 is 65.9. The number of aliphatic carboxylic acids is 2. The minimum atomic E-state index is -5.08. The average molecular weight is 566 g/mol. The molecule has 0 bridgehead atoms. The average Bonchev–Trinajstić information content (AvgIpc) is 3.23. The summed E-state index contributed by atoms with van der Waals surface area (Å²) in [5.74, 6) is -4.37. The number of imidazole rings is 1. The largest absolute Gasteiger partial charge is 0.490 e. The number of aromatic nitrogens is 2. The van der Waals surface area contributed by atoms with E-state index in [1.165, 1.54) is 11.3 Å².